The molecule has 1 amide bonds. The smallest absolute Gasteiger partial charge is 0.414 e. The molecule has 0 bridgehead atoms. The van der Waals surface area contributed by atoms with Gasteiger partial charge in [-0.05, 0) is 69.4 Å². The van der Waals surface area contributed by atoms with Crippen LogP contribution in [-0.4, -0.2) is 51.6 Å². The zero-order valence-electron chi connectivity index (χ0n) is 22.0. The third kappa shape index (κ3) is 4.96. The van der Waals surface area contributed by atoms with Crippen molar-refractivity contribution >= 4 is 28.8 Å². The van der Waals surface area contributed by atoms with Crippen molar-refractivity contribution in [1.82, 2.24) is 9.55 Å². The Hall–Kier alpha value is -3.80. The summed E-state index contributed by atoms with van der Waals surface area (Å²) in [6, 6.07) is 5.89. The summed E-state index contributed by atoms with van der Waals surface area (Å²) in [4.78, 5) is 30.8. The number of amides is 1. The molecule has 3 aromatic rings. The van der Waals surface area contributed by atoms with E-state index >= 15 is 0 Å². The number of hydrogen-bond acceptors (Lipinski definition) is 6. The minimum atomic E-state index is -3.21. The largest absolute Gasteiger partial charge is 0.481 e. The van der Waals surface area contributed by atoms with Gasteiger partial charge in [0.1, 0.15) is 23.5 Å². The average molecular weight is 562 g/mol. The third-order valence-corrected chi connectivity index (χ3v) is 7.94. The van der Waals surface area contributed by atoms with E-state index in [1.54, 1.807) is 16.7 Å². The molecule has 1 aliphatic carbocycles. The Morgan fingerprint density at radius 2 is 1.93 bits per heavy atom. The molecule has 0 saturated heterocycles. The Balaban J connectivity index is 1.71. The summed E-state index contributed by atoms with van der Waals surface area (Å²) in [5.74, 6) is -2.65. The van der Waals surface area contributed by atoms with E-state index in [0.29, 0.717) is 48.8 Å². The van der Waals surface area contributed by atoms with Crippen molar-refractivity contribution in [1.29, 1.82) is 0 Å². The highest BCUT2D eigenvalue weighted by atomic mass is 19.3. The lowest BCUT2D eigenvalue weighted by Gasteiger charge is -2.34. The number of halogens is 3. The molecule has 1 fully saturated rings. The Bertz CT molecular complexity index is 1440. The van der Waals surface area contributed by atoms with E-state index in [0.717, 1.165) is 23.8 Å². The predicted molar refractivity (Wildman–Crippen MR) is 138 cm³/mol. The first kappa shape index (κ1) is 27.8. The number of ether oxygens (including phenoxy) is 2. The van der Waals surface area contributed by atoms with E-state index in [-0.39, 0.29) is 29.9 Å². The fourth-order valence-electron chi connectivity index (χ4n) is 6.07. The fourth-order valence-corrected chi connectivity index (χ4v) is 6.07. The molecule has 2 N–H and O–H groups in total. The molecular formula is C28H30F3N3O6. The minimum Gasteiger partial charge on any atom is -0.481 e. The zero-order chi connectivity index (χ0) is 28.7. The SMILES string of the molecule is COC(=O)N1c2ccc3c(nc([C@H](O)c4cc(F)ccc4OC(F)F)n3C3CCCC(C(=O)O)C3)c2CC[C@@H]1C. The van der Waals surface area contributed by atoms with Crippen LogP contribution in [0.3, 0.4) is 0 Å². The number of carbonyl (C=O) groups is 2. The molecule has 12 heteroatoms. The number of carbonyl (C=O) groups excluding carboxylic acids is 1. The summed E-state index contributed by atoms with van der Waals surface area (Å²) < 4.78 is 51.9. The van der Waals surface area contributed by atoms with Gasteiger partial charge in [-0.3, -0.25) is 9.69 Å². The van der Waals surface area contributed by atoms with E-state index < -0.39 is 42.3 Å². The summed E-state index contributed by atoms with van der Waals surface area (Å²) in [7, 11) is 1.30. The Morgan fingerprint density at radius 3 is 2.62 bits per heavy atom. The fraction of sp³-hybridized carbons (Fsp3) is 0.464. The van der Waals surface area contributed by atoms with Crippen molar-refractivity contribution < 1.29 is 42.4 Å². The molecule has 2 heterocycles. The van der Waals surface area contributed by atoms with Crippen molar-refractivity contribution in [3.05, 3.63) is 53.1 Å². The third-order valence-electron chi connectivity index (χ3n) is 7.94. The number of fused-ring (bicyclic) bond motifs is 3. The maximum absolute atomic E-state index is 14.3. The van der Waals surface area contributed by atoms with Gasteiger partial charge in [-0.2, -0.15) is 8.78 Å². The molecule has 4 atom stereocenters. The van der Waals surface area contributed by atoms with Crippen LogP contribution in [0, 0.1) is 11.7 Å². The molecule has 40 heavy (non-hydrogen) atoms. The number of anilines is 1. The number of nitrogens with zero attached hydrogens (tertiary/aromatic N) is 3. The molecule has 0 spiro atoms. The molecular weight excluding hydrogens is 531 g/mol. The highest BCUT2D eigenvalue weighted by Gasteiger charge is 2.36. The van der Waals surface area contributed by atoms with Gasteiger partial charge in [0.15, 0.2) is 0 Å². The maximum Gasteiger partial charge on any atom is 0.414 e. The van der Waals surface area contributed by atoms with Crippen LogP contribution in [0.4, 0.5) is 23.7 Å². The van der Waals surface area contributed by atoms with Gasteiger partial charge < -0.3 is 24.3 Å². The number of aliphatic carboxylic acids is 1. The molecule has 9 nitrogen and oxygen atoms in total. The molecule has 2 aliphatic rings. The number of carboxylic acids is 1. The summed E-state index contributed by atoms with van der Waals surface area (Å²) in [5, 5.41) is 21.3. The van der Waals surface area contributed by atoms with Crippen LogP contribution < -0.4 is 9.64 Å². The summed E-state index contributed by atoms with van der Waals surface area (Å²) >= 11 is 0. The molecule has 1 saturated carbocycles. The van der Waals surface area contributed by atoms with Crippen molar-refractivity contribution in [2.45, 2.75) is 70.2 Å². The molecule has 1 aliphatic heterocycles. The first-order chi connectivity index (χ1) is 19.1. The van der Waals surface area contributed by atoms with Crippen LogP contribution in [0.15, 0.2) is 30.3 Å². The monoisotopic (exact) mass is 561 g/mol. The number of aryl methyl sites for hydroxylation is 1. The van der Waals surface area contributed by atoms with Gasteiger partial charge in [0.2, 0.25) is 0 Å². The quantitative estimate of drug-likeness (QED) is 0.404. The standard InChI is InChI=1S/C28H30F3N3O6/c1-14-6-8-18-20(33(14)28(38)39-2)9-10-21-23(18)32-25(34(21)17-5-3-4-15(12-17)26(36)37)24(35)19-13-16(29)7-11-22(19)40-27(30)31/h7,9-11,13-15,17,24,27,35H,3-6,8,12H2,1-2H3,(H,36,37)/t14-,15?,17?,24+/m0/s1. The summed E-state index contributed by atoms with van der Waals surface area (Å²) in [6.45, 7) is -1.30. The minimum absolute atomic E-state index is 0.0485. The van der Waals surface area contributed by atoms with Crippen LogP contribution in [0.5, 0.6) is 5.75 Å². The van der Waals surface area contributed by atoms with Gasteiger partial charge in [-0.15, -0.1) is 0 Å². The number of benzene rings is 2. The molecule has 0 radical (unpaired) electrons. The van der Waals surface area contributed by atoms with Crippen LogP contribution in [-0.2, 0) is 16.0 Å². The summed E-state index contributed by atoms with van der Waals surface area (Å²) in [6.07, 6.45) is 0.980. The van der Waals surface area contributed by atoms with Crippen LogP contribution in [0.25, 0.3) is 11.0 Å². The van der Waals surface area contributed by atoms with E-state index in [4.69, 9.17) is 9.72 Å². The Morgan fingerprint density at radius 1 is 1.15 bits per heavy atom. The molecule has 2 aromatic carbocycles. The number of aromatic nitrogens is 2. The maximum atomic E-state index is 14.3. The lowest BCUT2D eigenvalue weighted by Crippen LogP contribution is -2.42. The molecule has 1 aromatic heterocycles. The number of methoxy groups -OCH3 is 1. The van der Waals surface area contributed by atoms with Crippen LogP contribution in [0.2, 0.25) is 0 Å². The van der Waals surface area contributed by atoms with Crippen molar-refractivity contribution in [2.24, 2.45) is 5.92 Å². The van der Waals surface area contributed by atoms with Gasteiger partial charge >= 0.3 is 18.7 Å². The number of aliphatic hydroxyl groups is 1. The Labute approximate surface area is 228 Å². The van der Waals surface area contributed by atoms with E-state index in [2.05, 4.69) is 4.74 Å². The zero-order valence-corrected chi connectivity index (χ0v) is 22.0. The number of carboxylic acid groups (broad SMARTS) is 1. The normalized spacial score (nSPS) is 21.8. The Kier molecular flexibility index (Phi) is 7.63. The number of aliphatic hydroxyl groups excluding tert-OH is 1. The highest BCUT2D eigenvalue weighted by molar-refractivity contribution is 5.95. The van der Waals surface area contributed by atoms with Gasteiger partial charge in [0, 0.05) is 23.2 Å². The van der Waals surface area contributed by atoms with Crippen molar-refractivity contribution in [3.63, 3.8) is 0 Å². The molecule has 2 unspecified atom stereocenters. The van der Waals surface area contributed by atoms with Gasteiger partial charge in [-0.25, -0.2) is 14.2 Å². The second kappa shape index (κ2) is 11.0. The lowest BCUT2D eigenvalue weighted by molar-refractivity contribution is -0.143. The number of rotatable bonds is 6. The molecule has 214 valence electrons. The molecule has 5 rings (SSSR count). The van der Waals surface area contributed by atoms with Crippen LogP contribution >= 0.6 is 0 Å². The van der Waals surface area contributed by atoms with Gasteiger partial charge in [-0.1, -0.05) is 6.42 Å². The first-order valence-electron chi connectivity index (χ1n) is 13.2. The van der Waals surface area contributed by atoms with Gasteiger partial charge in [0.05, 0.1) is 29.7 Å². The second-order valence-electron chi connectivity index (χ2n) is 10.3. The topological polar surface area (TPSA) is 114 Å². The number of hydrogen-bond donors (Lipinski definition) is 2. The van der Waals surface area contributed by atoms with Crippen LogP contribution in [0.1, 0.15) is 68.1 Å². The highest BCUT2D eigenvalue weighted by Crippen LogP contribution is 2.43. The first-order valence-corrected chi connectivity index (χ1v) is 13.2. The second-order valence-corrected chi connectivity index (χ2v) is 10.3. The lowest BCUT2D eigenvalue weighted by atomic mass is 9.85. The number of alkyl halides is 2. The average Bonchev–Trinajstić information content (AvgIpc) is 3.33. The predicted octanol–water partition coefficient (Wildman–Crippen LogP) is 5.58. The van der Waals surface area contributed by atoms with E-state index in [9.17, 15) is 33.0 Å². The van der Waals surface area contributed by atoms with Crippen molar-refractivity contribution in [2.75, 3.05) is 12.0 Å². The van der Waals surface area contributed by atoms with E-state index in [1.165, 1.54) is 12.0 Å². The van der Waals surface area contributed by atoms with Crippen molar-refractivity contribution in [3.8, 4) is 5.75 Å². The van der Waals surface area contributed by atoms with E-state index in [1.807, 2.05) is 6.92 Å². The number of imidazole rings is 1. The summed E-state index contributed by atoms with van der Waals surface area (Å²) in [5.41, 5.74) is 2.18. The van der Waals surface area contributed by atoms with Gasteiger partial charge in [0.25, 0.3) is 0 Å².